The van der Waals surface area contributed by atoms with Crippen LogP contribution in [0.25, 0.3) is 0 Å². The van der Waals surface area contributed by atoms with E-state index in [1.165, 1.54) is 12.8 Å². The Morgan fingerprint density at radius 2 is 2.31 bits per heavy atom. The number of hydrogen-bond acceptors (Lipinski definition) is 2. The number of nitrogens with zero attached hydrogens (tertiary/aromatic N) is 1. The molecule has 1 aliphatic rings. The van der Waals surface area contributed by atoms with Crippen LogP contribution in [0.1, 0.15) is 34.8 Å². The van der Waals surface area contributed by atoms with Crippen LogP contribution in [-0.2, 0) is 0 Å². The highest BCUT2D eigenvalue weighted by molar-refractivity contribution is 9.09. The number of hydrogen-bond donors (Lipinski definition) is 0. The second-order valence-electron chi connectivity index (χ2n) is 3.30. The largest absolute Gasteiger partial charge is 0.293 e. The molecule has 0 N–H and O–H groups in total. The van der Waals surface area contributed by atoms with E-state index < -0.39 is 0 Å². The summed E-state index contributed by atoms with van der Waals surface area (Å²) in [6.07, 6.45) is 4.18. The Balaban J connectivity index is 2.17. The summed E-state index contributed by atoms with van der Waals surface area (Å²) in [7, 11) is 0. The van der Waals surface area contributed by atoms with Crippen molar-refractivity contribution >= 4 is 21.7 Å². The van der Waals surface area contributed by atoms with E-state index in [-0.39, 0.29) is 5.78 Å². The van der Waals surface area contributed by atoms with Crippen molar-refractivity contribution in [2.45, 2.75) is 18.8 Å². The van der Waals surface area contributed by atoms with E-state index in [4.69, 9.17) is 0 Å². The van der Waals surface area contributed by atoms with Gasteiger partial charge in [-0.3, -0.25) is 9.78 Å². The molecule has 0 saturated heterocycles. The average molecular weight is 240 g/mol. The van der Waals surface area contributed by atoms with Crippen LogP contribution in [0.5, 0.6) is 0 Å². The first-order chi connectivity index (χ1) is 6.31. The average Bonchev–Trinajstić information content (AvgIpc) is 3.00. The van der Waals surface area contributed by atoms with Gasteiger partial charge in [0.15, 0.2) is 5.78 Å². The Kier molecular flexibility index (Phi) is 2.44. The van der Waals surface area contributed by atoms with Crippen molar-refractivity contribution in [1.29, 1.82) is 0 Å². The van der Waals surface area contributed by atoms with Gasteiger partial charge in [-0.2, -0.15) is 0 Å². The molecule has 1 aromatic heterocycles. The highest BCUT2D eigenvalue weighted by atomic mass is 79.9. The Morgan fingerprint density at radius 3 is 2.77 bits per heavy atom. The highest BCUT2D eigenvalue weighted by Gasteiger charge is 2.24. The fraction of sp³-hybridized carbons (Fsp3) is 0.400. The molecule has 1 fully saturated rings. The third-order valence-electron chi connectivity index (χ3n) is 2.23. The molecule has 1 aliphatic carbocycles. The molecule has 3 heteroatoms. The molecule has 0 atom stereocenters. The molecule has 68 valence electrons. The molecule has 0 unspecified atom stereocenters. The lowest BCUT2D eigenvalue weighted by molar-refractivity contribution is 0.102. The van der Waals surface area contributed by atoms with Crippen LogP contribution < -0.4 is 0 Å². The van der Waals surface area contributed by atoms with Crippen molar-refractivity contribution in [3.8, 4) is 0 Å². The van der Waals surface area contributed by atoms with E-state index in [1.807, 2.05) is 12.1 Å². The van der Waals surface area contributed by atoms with Crippen molar-refractivity contribution in [3.63, 3.8) is 0 Å². The quantitative estimate of drug-likeness (QED) is 0.600. The lowest BCUT2D eigenvalue weighted by atomic mass is 10.2. The Morgan fingerprint density at radius 1 is 1.54 bits per heavy atom. The van der Waals surface area contributed by atoms with Gasteiger partial charge in [0.05, 0.1) is 5.33 Å². The van der Waals surface area contributed by atoms with Crippen molar-refractivity contribution in [2.75, 3.05) is 5.33 Å². The van der Waals surface area contributed by atoms with E-state index in [9.17, 15) is 4.79 Å². The smallest absolute Gasteiger partial charge is 0.174 e. The first kappa shape index (κ1) is 8.88. The predicted octanol–water partition coefficient (Wildman–Crippen LogP) is 2.54. The third kappa shape index (κ3) is 1.97. The summed E-state index contributed by atoms with van der Waals surface area (Å²) < 4.78 is 0. The van der Waals surface area contributed by atoms with Crippen LogP contribution in [0, 0.1) is 0 Å². The minimum Gasteiger partial charge on any atom is -0.293 e. The van der Waals surface area contributed by atoms with E-state index in [1.54, 1.807) is 6.20 Å². The molecule has 1 heterocycles. The summed E-state index contributed by atoms with van der Waals surface area (Å²) in [6, 6.07) is 3.83. The molecule has 13 heavy (non-hydrogen) atoms. The molecule has 0 spiro atoms. The molecular formula is C10H10BrNO. The number of alkyl halides is 1. The maximum absolute atomic E-state index is 11.2. The minimum atomic E-state index is 0.0925. The van der Waals surface area contributed by atoms with Gasteiger partial charge in [0, 0.05) is 23.4 Å². The molecule has 0 aromatic carbocycles. The minimum absolute atomic E-state index is 0.0925. The van der Waals surface area contributed by atoms with E-state index in [0.29, 0.717) is 16.8 Å². The summed E-state index contributed by atoms with van der Waals surface area (Å²) in [5, 5.41) is 0.372. The second-order valence-corrected chi connectivity index (χ2v) is 3.86. The summed E-state index contributed by atoms with van der Waals surface area (Å²) in [4.78, 5) is 15.5. The van der Waals surface area contributed by atoms with Crippen molar-refractivity contribution < 1.29 is 4.79 Å². The van der Waals surface area contributed by atoms with Crippen molar-refractivity contribution in [3.05, 3.63) is 29.6 Å². The number of halogens is 1. The SMILES string of the molecule is O=C(CBr)c1ccc(C2CC2)nc1. The molecule has 0 radical (unpaired) electrons. The fourth-order valence-corrected chi connectivity index (χ4v) is 1.59. The lowest BCUT2D eigenvalue weighted by Gasteiger charge is -1.98. The van der Waals surface area contributed by atoms with E-state index in [2.05, 4.69) is 20.9 Å². The summed E-state index contributed by atoms with van der Waals surface area (Å²) in [6.45, 7) is 0. The molecule has 2 rings (SSSR count). The van der Waals surface area contributed by atoms with Crippen LogP contribution in [0.3, 0.4) is 0 Å². The van der Waals surface area contributed by atoms with Gasteiger partial charge in [0.2, 0.25) is 0 Å². The number of pyridine rings is 1. The van der Waals surface area contributed by atoms with Gasteiger partial charge in [0.25, 0.3) is 0 Å². The number of rotatable bonds is 3. The Hall–Kier alpha value is -0.700. The van der Waals surface area contributed by atoms with Crippen LogP contribution in [0.15, 0.2) is 18.3 Å². The number of carbonyl (C=O) groups is 1. The van der Waals surface area contributed by atoms with E-state index in [0.717, 1.165) is 5.69 Å². The summed E-state index contributed by atoms with van der Waals surface area (Å²) >= 11 is 3.13. The maximum atomic E-state index is 11.2. The molecule has 1 saturated carbocycles. The number of ketones is 1. The van der Waals surface area contributed by atoms with Gasteiger partial charge in [-0.25, -0.2) is 0 Å². The third-order valence-corrected chi connectivity index (χ3v) is 2.73. The monoisotopic (exact) mass is 239 g/mol. The lowest BCUT2D eigenvalue weighted by Crippen LogP contribution is -2.01. The summed E-state index contributed by atoms with van der Waals surface area (Å²) in [5.74, 6) is 0.753. The molecule has 0 bridgehead atoms. The van der Waals surface area contributed by atoms with Crippen LogP contribution in [0.4, 0.5) is 0 Å². The predicted molar refractivity (Wildman–Crippen MR) is 54.3 cm³/mol. The zero-order valence-electron chi connectivity index (χ0n) is 7.16. The molecular weight excluding hydrogens is 230 g/mol. The Labute approximate surface area is 85.5 Å². The summed E-state index contributed by atoms with van der Waals surface area (Å²) in [5.41, 5.74) is 1.83. The Bertz CT molecular complexity index is 316. The fourth-order valence-electron chi connectivity index (χ4n) is 1.27. The van der Waals surface area contributed by atoms with Crippen molar-refractivity contribution in [1.82, 2.24) is 4.98 Å². The topological polar surface area (TPSA) is 30.0 Å². The van der Waals surface area contributed by atoms with Gasteiger partial charge in [0.1, 0.15) is 0 Å². The molecule has 2 nitrogen and oxygen atoms in total. The van der Waals surface area contributed by atoms with Gasteiger partial charge < -0.3 is 0 Å². The van der Waals surface area contributed by atoms with E-state index >= 15 is 0 Å². The normalized spacial score (nSPS) is 15.8. The number of carbonyl (C=O) groups excluding carboxylic acids is 1. The molecule has 1 aromatic rings. The van der Waals surface area contributed by atoms with Gasteiger partial charge in [-0.1, -0.05) is 15.9 Å². The number of Topliss-reactive ketones (excluding diaryl/α,β-unsaturated/α-hetero) is 1. The van der Waals surface area contributed by atoms with Crippen LogP contribution in [0.2, 0.25) is 0 Å². The number of aromatic nitrogens is 1. The second kappa shape index (κ2) is 3.58. The first-order valence-corrected chi connectivity index (χ1v) is 5.48. The van der Waals surface area contributed by atoms with Crippen LogP contribution >= 0.6 is 15.9 Å². The zero-order valence-corrected chi connectivity index (χ0v) is 8.75. The van der Waals surface area contributed by atoms with Crippen LogP contribution in [-0.4, -0.2) is 16.1 Å². The maximum Gasteiger partial charge on any atom is 0.174 e. The zero-order chi connectivity index (χ0) is 9.26. The van der Waals surface area contributed by atoms with Gasteiger partial charge in [-0.15, -0.1) is 0 Å². The van der Waals surface area contributed by atoms with Gasteiger partial charge in [-0.05, 0) is 25.0 Å². The molecule has 0 aliphatic heterocycles. The van der Waals surface area contributed by atoms with Crippen molar-refractivity contribution in [2.24, 2.45) is 0 Å². The highest BCUT2D eigenvalue weighted by Crippen LogP contribution is 2.38. The standard InChI is InChI=1S/C10H10BrNO/c11-5-10(13)8-3-4-9(12-6-8)7-1-2-7/h3-4,6-7H,1-2,5H2. The first-order valence-electron chi connectivity index (χ1n) is 4.36. The molecule has 0 amide bonds. The van der Waals surface area contributed by atoms with Gasteiger partial charge >= 0.3 is 0 Å².